The van der Waals surface area contributed by atoms with Crippen LogP contribution in [0.1, 0.15) is 46.5 Å². The molecule has 0 aromatic carbocycles. The van der Waals surface area contributed by atoms with Crippen molar-refractivity contribution >= 4 is 0 Å². The summed E-state index contributed by atoms with van der Waals surface area (Å²) in [6.45, 7) is 5.82. The van der Waals surface area contributed by atoms with Crippen molar-refractivity contribution in [2.75, 3.05) is 0 Å². The standard InChI is InChI=1S/C11H19NO/c1-9-10(2,8-12)6-4-5-7-11(9,3)13/h9,13H,4-7H2,1-3H3/t9-,10-,11+/m1/s1. The molecule has 1 rings (SSSR count). The SMILES string of the molecule is C[C@H]1[C@@](C)(O)CCCC[C@]1(C)C#N. The Morgan fingerprint density at radius 3 is 2.38 bits per heavy atom. The normalized spacial score (nSPS) is 46.5. The van der Waals surface area contributed by atoms with E-state index in [1.807, 2.05) is 20.8 Å². The van der Waals surface area contributed by atoms with E-state index in [0.29, 0.717) is 0 Å². The maximum Gasteiger partial charge on any atom is 0.0690 e. The zero-order valence-corrected chi connectivity index (χ0v) is 8.80. The summed E-state index contributed by atoms with van der Waals surface area (Å²) in [6, 6.07) is 2.37. The van der Waals surface area contributed by atoms with Crippen molar-refractivity contribution in [1.82, 2.24) is 0 Å². The third kappa shape index (κ3) is 1.86. The molecule has 1 aliphatic rings. The van der Waals surface area contributed by atoms with Gasteiger partial charge in [-0.25, -0.2) is 0 Å². The molecule has 0 aromatic rings. The monoisotopic (exact) mass is 181 g/mol. The molecule has 1 fully saturated rings. The van der Waals surface area contributed by atoms with E-state index in [1.54, 1.807) is 0 Å². The zero-order valence-electron chi connectivity index (χ0n) is 8.80. The molecule has 1 aliphatic carbocycles. The smallest absolute Gasteiger partial charge is 0.0690 e. The van der Waals surface area contributed by atoms with Gasteiger partial charge in [0.05, 0.1) is 17.1 Å². The fourth-order valence-corrected chi connectivity index (χ4v) is 2.25. The molecule has 0 heterocycles. The molecule has 2 heteroatoms. The first-order chi connectivity index (χ1) is 5.92. The van der Waals surface area contributed by atoms with E-state index in [1.165, 1.54) is 0 Å². The third-order valence-electron chi connectivity index (χ3n) is 3.77. The molecule has 13 heavy (non-hydrogen) atoms. The first kappa shape index (κ1) is 10.5. The average molecular weight is 181 g/mol. The quantitative estimate of drug-likeness (QED) is 0.583. The van der Waals surface area contributed by atoms with Gasteiger partial charge < -0.3 is 5.11 Å². The van der Waals surface area contributed by atoms with Crippen LogP contribution in [0.25, 0.3) is 0 Å². The van der Waals surface area contributed by atoms with Crippen LogP contribution in [0.5, 0.6) is 0 Å². The molecule has 1 N–H and O–H groups in total. The Kier molecular flexibility index (Phi) is 2.68. The van der Waals surface area contributed by atoms with Crippen LogP contribution in [-0.2, 0) is 0 Å². The highest BCUT2D eigenvalue weighted by molar-refractivity contribution is 5.05. The van der Waals surface area contributed by atoms with Crippen LogP contribution in [0.3, 0.4) is 0 Å². The molecule has 0 spiro atoms. The van der Waals surface area contributed by atoms with E-state index in [9.17, 15) is 5.11 Å². The molecular weight excluding hydrogens is 162 g/mol. The molecule has 0 unspecified atom stereocenters. The molecule has 0 aromatic heterocycles. The highest BCUT2D eigenvalue weighted by atomic mass is 16.3. The molecular formula is C11H19NO. The van der Waals surface area contributed by atoms with E-state index in [2.05, 4.69) is 6.07 Å². The molecule has 74 valence electrons. The minimum absolute atomic E-state index is 0.0625. The predicted molar refractivity (Wildman–Crippen MR) is 52.0 cm³/mol. The first-order valence-electron chi connectivity index (χ1n) is 5.06. The number of aliphatic hydroxyl groups is 1. The summed E-state index contributed by atoms with van der Waals surface area (Å²) in [7, 11) is 0. The lowest BCUT2D eigenvalue weighted by atomic mass is 9.70. The number of rotatable bonds is 0. The fraction of sp³-hybridized carbons (Fsp3) is 0.909. The second-order valence-electron chi connectivity index (χ2n) is 4.82. The molecule has 3 atom stereocenters. The second kappa shape index (κ2) is 3.31. The van der Waals surface area contributed by atoms with Crippen LogP contribution >= 0.6 is 0 Å². The van der Waals surface area contributed by atoms with Gasteiger partial charge in [-0.1, -0.05) is 19.8 Å². The van der Waals surface area contributed by atoms with E-state index in [0.717, 1.165) is 25.7 Å². The predicted octanol–water partition coefficient (Wildman–Crippen LogP) is 2.48. The summed E-state index contributed by atoms with van der Waals surface area (Å²) in [5.74, 6) is 0.0625. The molecule has 0 aliphatic heterocycles. The van der Waals surface area contributed by atoms with Gasteiger partial charge in [-0.15, -0.1) is 0 Å². The molecule has 1 saturated carbocycles. The molecule has 0 amide bonds. The number of hydrogen-bond acceptors (Lipinski definition) is 2. The number of hydrogen-bond donors (Lipinski definition) is 1. The van der Waals surface area contributed by atoms with Crippen LogP contribution in [0.15, 0.2) is 0 Å². The van der Waals surface area contributed by atoms with Crippen molar-refractivity contribution in [3.05, 3.63) is 0 Å². The fourth-order valence-electron chi connectivity index (χ4n) is 2.25. The van der Waals surface area contributed by atoms with Crippen molar-refractivity contribution in [3.63, 3.8) is 0 Å². The van der Waals surface area contributed by atoms with Gasteiger partial charge in [0.15, 0.2) is 0 Å². The Balaban J connectivity index is 2.94. The van der Waals surface area contributed by atoms with Crippen LogP contribution in [0.4, 0.5) is 0 Å². The highest BCUT2D eigenvalue weighted by Gasteiger charge is 2.43. The molecule has 0 saturated heterocycles. The Morgan fingerprint density at radius 1 is 1.31 bits per heavy atom. The zero-order chi connectivity index (χ0) is 10.1. The van der Waals surface area contributed by atoms with E-state index < -0.39 is 5.60 Å². The molecule has 0 radical (unpaired) electrons. The summed E-state index contributed by atoms with van der Waals surface area (Å²) < 4.78 is 0. The number of nitriles is 1. The summed E-state index contributed by atoms with van der Waals surface area (Å²) in [6.07, 6.45) is 3.84. The van der Waals surface area contributed by atoms with Crippen molar-refractivity contribution in [2.24, 2.45) is 11.3 Å². The van der Waals surface area contributed by atoms with Crippen molar-refractivity contribution in [2.45, 2.75) is 52.1 Å². The van der Waals surface area contributed by atoms with E-state index in [-0.39, 0.29) is 11.3 Å². The lowest BCUT2D eigenvalue weighted by molar-refractivity contribution is -0.0313. The maximum atomic E-state index is 10.1. The summed E-state index contributed by atoms with van der Waals surface area (Å²) in [5, 5.41) is 19.3. The highest BCUT2D eigenvalue weighted by Crippen LogP contribution is 2.43. The number of nitrogens with zero attached hydrogens (tertiary/aromatic N) is 1. The average Bonchev–Trinajstić information content (AvgIpc) is 2.18. The summed E-state index contributed by atoms with van der Waals surface area (Å²) in [5.41, 5.74) is -1.01. The topological polar surface area (TPSA) is 44.0 Å². The van der Waals surface area contributed by atoms with Crippen LogP contribution in [0.2, 0.25) is 0 Å². The van der Waals surface area contributed by atoms with E-state index in [4.69, 9.17) is 5.26 Å². The van der Waals surface area contributed by atoms with Gasteiger partial charge in [0.1, 0.15) is 0 Å². The van der Waals surface area contributed by atoms with Gasteiger partial charge >= 0.3 is 0 Å². The van der Waals surface area contributed by atoms with Crippen molar-refractivity contribution < 1.29 is 5.11 Å². The second-order valence-corrected chi connectivity index (χ2v) is 4.82. The van der Waals surface area contributed by atoms with Gasteiger partial charge in [0.25, 0.3) is 0 Å². The van der Waals surface area contributed by atoms with Gasteiger partial charge in [0, 0.05) is 5.92 Å². The Hall–Kier alpha value is -0.550. The Labute approximate surface area is 80.6 Å². The Bertz CT molecular complexity index is 229. The lowest BCUT2D eigenvalue weighted by Crippen LogP contribution is -2.40. The Morgan fingerprint density at radius 2 is 1.85 bits per heavy atom. The van der Waals surface area contributed by atoms with Crippen molar-refractivity contribution in [3.8, 4) is 6.07 Å². The van der Waals surface area contributed by atoms with Gasteiger partial charge in [-0.3, -0.25) is 0 Å². The minimum atomic E-state index is -0.666. The van der Waals surface area contributed by atoms with Crippen molar-refractivity contribution in [1.29, 1.82) is 5.26 Å². The van der Waals surface area contributed by atoms with Gasteiger partial charge in [-0.2, -0.15) is 5.26 Å². The maximum absolute atomic E-state index is 10.1. The molecule has 0 bridgehead atoms. The summed E-state index contributed by atoms with van der Waals surface area (Å²) in [4.78, 5) is 0. The van der Waals surface area contributed by atoms with Gasteiger partial charge in [0.2, 0.25) is 0 Å². The third-order valence-corrected chi connectivity index (χ3v) is 3.77. The van der Waals surface area contributed by atoms with Crippen LogP contribution < -0.4 is 0 Å². The van der Waals surface area contributed by atoms with Gasteiger partial charge in [-0.05, 0) is 26.7 Å². The molecule has 2 nitrogen and oxygen atoms in total. The lowest BCUT2D eigenvalue weighted by Gasteiger charge is -2.36. The minimum Gasteiger partial charge on any atom is -0.390 e. The largest absolute Gasteiger partial charge is 0.390 e. The van der Waals surface area contributed by atoms with E-state index >= 15 is 0 Å². The van der Waals surface area contributed by atoms with Crippen LogP contribution in [0, 0.1) is 22.7 Å². The first-order valence-corrected chi connectivity index (χ1v) is 5.06. The van der Waals surface area contributed by atoms with Crippen LogP contribution in [-0.4, -0.2) is 10.7 Å². The summed E-state index contributed by atoms with van der Waals surface area (Å²) >= 11 is 0.